The van der Waals surface area contributed by atoms with E-state index in [4.69, 9.17) is 16.3 Å². The Morgan fingerprint density at radius 2 is 2.11 bits per heavy atom. The van der Waals surface area contributed by atoms with Crippen molar-refractivity contribution in [2.75, 3.05) is 7.11 Å². The first-order valence-electron chi connectivity index (χ1n) is 6.15. The molecule has 1 aliphatic carbocycles. The smallest absolute Gasteiger partial charge is 0.144 e. The molecule has 2 unspecified atom stereocenters. The maximum absolute atomic E-state index is 12.2. The fraction of sp³-hybridized carbons (Fsp3) is 0.500. The van der Waals surface area contributed by atoms with E-state index in [1.807, 2.05) is 39.0 Å². The maximum Gasteiger partial charge on any atom is 0.144 e. The van der Waals surface area contributed by atoms with Crippen LogP contribution in [0.25, 0.3) is 0 Å². The standard InChI is InChI=1S/C14H18ClNO2S/c1-14(2,3)19(17)16-13-11-6-5-10(15)7-9(11)8-12(13)18-4/h5-7,12H,8H2,1-4H3. The Kier molecular flexibility index (Phi) is 4.26. The van der Waals surface area contributed by atoms with Gasteiger partial charge >= 0.3 is 0 Å². The fourth-order valence-electron chi connectivity index (χ4n) is 1.98. The summed E-state index contributed by atoms with van der Waals surface area (Å²) in [6, 6.07) is 5.68. The van der Waals surface area contributed by atoms with Crippen molar-refractivity contribution in [3.63, 3.8) is 0 Å². The van der Waals surface area contributed by atoms with Crippen LogP contribution in [0.1, 0.15) is 31.9 Å². The summed E-state index contributed by atoms with van der Waals surface area (Å²) in [5.41, 5.74) is 2.86. The van der Waals surface area contributed by atoms with E-state index in [2.05, 4.69) is 4.40 Å². The second-order valence-electron chi connectivity index (χ2n) is 5.57. The number of fused-ring (bicyclic) bond motifs is 1. The van der Waals surface area contributed by atoms with Crippen molar-refractivity contribution in [1.82, 2.24) is 0 Å². The number of ether oxygens (including phenoxy) is 1. The van der Waals surface area contributed by atoms with Crippen LogP contribution < -0.4 is 0 Å². The lowest BCUT2D eigenvalue weighted by atomic mass is 10.1. The Balaban J connectivity index is 2.42. The molecule has 0 amide bonds. The SMILES string of the molecule is COC1Cc2cc(Cl)ccc2C1=N[S+]([O-])C(C)(C)C. The van der Waals surface area contributed by atoms with Gasteiger partial charge in [-0.05, 0) is 38.5 Å². The molecule has 0 bridgehead atoms. The average Bonchev–Trinajstić information content (AvgIpc) is 2.65. The Hall–Kier alpha value is -0.550. The zero-order valence-electron chi connectivity index (χ0n) is 11.6. The van der Waals surface area contributed by atoms with Crippen LogP contribution >= 0.6 is 11.6 Å². The summed E-state index contributed by atoms with van der Waals surface area (Å²) in [5, 5.41) is 0.701. The largest absolute Gasteiger partial charge is 0.591 e. The lowest BCUT2D eigenvalue weighted by molar-refractivity contribution is 0.160. The molecule has 1 aliphatic rings. The summed E-state index contributed by atoms with van der Waals surface area (Å²) in [4.78, 5) is 0. The van der Waals surface area contributed by atoms with Crippen LogP contribution in [0.5, 0.6) is 0 Å². The zero-order chi connectivity index (χ0) is 14.2. The molecule has 1 aromatic rings. The van der Waals surface area contributed by atoms with Crippen molar-refractivity contribution in [3.05, 3.63) is 34.3 Å². The molecule has 2 rings (SSSR count). The predicted molar refractivity (Wildman–Crippen MR) is 80.4 cm³/mol. The van der Waals surface area contributed by atoms with E-state index in [0.29, 0.717) is 5.02 Å². The minimum absolute atomic E-state index is 0.139. The van der Waals surface area contributed by atoms with Gasteiger partial charge in [0.1, 0.15) is 27.9 Å². The van der Waals surface area contributed by atoms with Crippen molar-refractivity contribution < 1.29 is 9.29 Å². The first-order valence-corrected chi connectivity index (χ1v) is 7.63. The molecule has 0 saturated carbocycles. The lowest BCUT2D eigenvalue weighted by Crippen LogP contribution is -2.29. The van der Waals surface area contributed by atoms with E-state index in [-0.39, 0.29) is 10.9 Å². The number of hydrogen-bond donors (Lipinski definition) is 0. The Morgan fingerprint density at radius 1 is 1.42 bits per heavy atom. The van der Waals surface area contributed by atoms with Gasteiger partial charge in [-0.2, -0.15) is 0 Å². The quantitative estimate of drug-likeness (QED) is 0.787. The maximum atomic E-state index is 12.2. The van der Waals surface area contributed by atoms with Gasteiger partial charge in [-0.3, -0.25) is 0 Å². The van der Waals surface area contributed by atoms with E-state index >= 15 is 0 Å². The van der Waals surface area contributed by atoms with Crippen LogP contribution in [0, 0.1) is 0 Å². The van der Waals surface area contributed by atoms with Gasteiger partial charge in [-0.25, -0.2) is 0 Å². The zero-order valence-corrected chi connectivity index (χ0v) is 13.1. The monoisotopic (exact) mass is 299 g/mol. The Bertz CT molecular complexity index is 511. The third-order valence-electron chi connectivity index (χ3n) is 3.04. The van der Waals surface area contributed by atoms with Gasteiger partial charge in [0.15, 0.2) is 0 Å². The van der Waals surface area contributed by atoms with E-state index in [1.54, 1.807) is 7.11 Å². The Labute approximate surface area is 122 Å². The van der Waals surface area contributed by atoms with Gasteiger partial charge in [0.25, 0.3) is 0 Å². The molecule has 104 valence electrons. The molecule has 0 fully saturated rings. The van der Waals surface area contributed by atoms with E-state index < -0.39 is 11.4 Å². The molecule has 2 atom stereocenters. The summed E-state index contributed by atoms with van der Waals surface area (Å²) in [6.45, 7) is 5.73. The fourth-order valence-corrected chi connectivity index (χ4v) is 2.84. The highest BCUT2D eigenvalue weighted by atomic mass is 35.5. The molecule has 0 radical (unpaired) electrons. The minimum Gasteiger partial charge on any atom is -0.591 e. The molecule has 0 N–H and O–H groups in total. The van der Waals surface area contributed by atoms with E-state index in [0.717, 1.165) is 23.3 Å². The van der Waals surface area contributed by atoms with Gasteiger partial charge in [0, 0.05) is 24.1 Å². The van der Waals surface area contributed by atoms with E-state index in [1.165, 1.54) is 0 Å². The summed E-state index contributed by atoms with van der Waals surface area (Å²) in [5.74, 6) is 0. The number of methoxy groups -OCH3 is 1. The molecule has 0 heterocycles. The average molecular weight is 300 g/mol. The highest BCUT2D eigenvalue weighted by Gasteiger charge is 2.34. The second kappa shape index (κ2) is 5.44. The topological polar surface area (TPSA) is 44.6 Å². The first kappa shape index (κ1) is 14.9. The molecule has 19 heavy (non-hydrogen) atoms. The Morgan fingerprint density at radius 3 is 2.68 bits per heavy atom. The van der Waals surface area contributed by atoms with Crippen molar-refractivity contribution in [1.29, 1.82) is 0 Å². The molecule has 0 aliphatic heterocycles. The first-order chi connectivity index (χ1) is 8.82. The number of nitrogens with zero attached hydrogens (tertiary/aromatic N) is 1. The van der Waals surface area contributed by atoms with Crippen molar-refractivity contribution in [3.8, 4) is 0 Å². The lowest BCUT2D eigenvalue weighted by Gasteiger charge is -2.19. The molecular formula is C14H18ClNO2S. The van der Waals surface area contributed by atoms with Crippen molar-refractivity contribution in [2.45, 2.75) is 38.0 Å². The molecule has 5 heteroatoms. The van der Waals surface area contributed by atoms with Crippen LogP contribution in [0.2, 0.25) is 5.02 Å². The van der Waals surface area contributed by atoms with Gasteiger partial charge in [-0.1, -0.05) is 22.1 Å². The third kappa shape index (κ3) is 3.14. The highest BCUT2D eigenvalue weighted by Crippen LogP contribution is 2.29. The molecule has 3 nitrogen and oxygen atoms in total. The number of rotatable bonds is 2. The minimum atomic E-state index is -1.29. The summed E-state index contributed by atoms with van der Waals surface area (Å²) in [7, 11) is 1.65. The van der Waals surface area contributed by atoms with Gasteiger partial charge in [-0.15, -0.1) is 0 Å². The third-order valence-corrected chi connectivity index (χ3v) is 4.69. The summed E-state index contributed by atoms with van der Waals surface area (Å²) < 4.78 is 21.7. The number of benzene rings is 1. The molecule has 0 saturated heterocycles. The van der Waals surface area contributed by atoms with Crippen LogP contribution in [-0.4, -0.2) is 28.2 Å². The normalized spacial score (nSPS) is 22.6. The predicted octanol–water partition coefficient (Wildman–Crippen LogP) is 3.16. The van der Waals surface area contributed by atoms with Crippen molar-refractivity contribution in [2.24, 2.45) is 4.40 Å². The van der Waals surface area contributed by atoms with Crippen LogP contribution in [0.3, 0.4) is 0 Å². The molecule has 0 spiro atoms. The van der Waals surface area contributed by atoms with Gasteiger partial charge < -0.3 is 9.29 Å². The highest BCUT2D eigenvalue weighted by molar-refractivity contribution is 7.91. The van der Waals surface area contributed by atoms with Gasteiger partial charge in [0.05, 0.1) is 0 Å². The van der Waals surface area contributed by atoms with Crippen molar-refractivity contribution >= 4 is 28.7 Å². The van der Waals surface area contributed by atoms with Crippen LogP contribution in [0.4, 0.5) is 0 Å². The van der Waals surface area contributed by atoms with Gasteiger partial charge in [0.2, 0.25) is 0 Å². The van der Waals surface area contributed by atoms with E-state index in [9.17, 15) is 4.55 Å². The second-order valence-corrected chi connectivity index (χ2v) is 7.91. The molecule has 0 aromatic heterocycles. The number of halogens is 1. The summed E-state index contributed by atoms with van der Waals surface area (Å²) >= 11 is 4.71. The summed E-state index contributed by atoms with van der Waals surface area (Å²) in [6.07, 6.45) is 0.590. The number of hydrogen-bond acceptors (Lipinski definition) is 3. The van der Waals surface area contributed by atoms with Crippen LogP contribution in [0.15, 0.2) is 22.6 Å². The molecular weight excluding hydrogens is 282 g/mol. The van der Waals surface area contributed by atoms with Crippen LogP contribution in [-0.2, 0) is 22.5 Å². The molecule has 1 aromatic carbocycles.